The number of nitrogens with one attached hydrogen (secondary N) is 1. The molecule has 0 unspecified atom stereocenters. The van der Waals surface area contributed by atoms with E-state index in [1.54, 1.807) is 31.2 Å². The minimum Gasteiger partial charge on any atom is -0.383 e. The Bertz CT molecular complexity index is 885. The Kier molecular flexibility index (Phi) is 5.64. The zero-order valence-corrected chi connectivity index (χ0v) is 14.2. The SMILES string of the molecule is Cc1c(C#N)c(N)nc(SCC(=O)Nc2cccc(Cl)c2)c1C#N. The number of nitriles is 2. The lowest BCUT2D eigenvalue weighted by Gasteiger charge is -2.09. The molecule has 2 rings (SSSR count). The van der Waals surface area contributed by atoms with Gasteiger partial charge in [-0.05, 0) is 30.7 Å². The van der Waals surface area contributed by atoms with Crippen LogP contribution in [0, 0.1) is 29.6 Å². The molecule has 0 saturated carbocycles. The highest BCUT2D eigenvalue weighted by Crippen LogP contribution is 2.28. The molecule has 2 aromatic rings. The van der Waals surface area contributed by atoms with Gasteiger partial charge in [-0.1, -0.05) is 29.4 Å². The predicted octanol–water partition coefficient (Wildman–Crippen LogP) is 3.10. The molecule has 0 aliphatic heterocycles. The largest absolute Gasteiger partial charge is 0.383 e. The summed E-state index contributed by atoms with van der Waals surface area (Å²) >= 11 is 6.94. The molecule has 1 amide bonds. The number of carbonyl (C=O) groups is 1. The average molecular weight is 358 g/mol. The monoisotopic (exact) mass is 357 g/mol. The van der Waals surface area contributed by atoms with Crippen molar-refractivity contribution in [2.45, 2.75) is 11.9 Å². The number of hydrogen-bond acceptors (Lipinski definition) is 6. The Hall–Kier alpha value is -2.74. The molecule has 8 heteroatoms. The lowest BCUT2D eigenvalue weighted by Crippen LogP contribution is -2.14. The number of amides is 1. The second-order valence-corrected chi connectivity index (χ2v) is 6.15. The van der Waals surface area contributed by atoms with Gasteiger partial charge in [-0.15, -0.1) is 0 Å². The highest BCUT2D eigenvalue weighted by molar-refractivity contribution is 8.00. The van der Waals surface area contributed by atoms with Crippen molar-refractivity contribution in [2.24, 2.45) is 0 Å². The van der Waals surface area contributed by atoms with E-state index in [1.165, 1.54) is 0 Å². The summed E-state index contributed by atoms with van der Waals surface area (Å²) in [6.07, 6.45) is 0. The van der Waals surface area contributed by atoms with E-state index in [2.05, 4.69) is 10.3 Å². The number of thioether (sulfide) groups is 1. The quantitative estimate of drug-likeness (QED) is 0.812. The van der Waals surface area contributed by atoms with E-state index in [0.717, 1.165) is 11.8 Å². The number of carbonyl (C=O) groups excluding carboxylic acids is 1. The van der Waals surface area contributed by atoms with E-state index in [1.807, 2.05) is 12.1 Å². The van der Waals surface area contributed by atoms with Crippen LogP contribution in [0.3, 0.4) is 0 Å². The molecule has 0 radical (unpaired) electrons. The fraction of sp³-hybridized carbons (Fsp3) is 0.125. The number of nitrogens with zero attached hydrogens (tertiary/aromatic N) is 3. The summed E-state index contributed by atoms with van der Waals surface area (Å²) in [5, 5.41) is 21.9. The maximum atomic E-state index is 12.0. The molecule has 3 N–H and O–H groups in total. The van der Waals surface area contributed by atoms with Crippen molar-refractivity contribution in [3.63, 3.8) is 0 Å². The molecule has 120 valence electrons. The van der Waals surface area contributed by atoms with Gasteiger partial charge in [0.2, 0.25) is 5.91 Å². The van der Waals surface area contributed by atoms with Crippen LogP contribution in [0.25, 0.3) is 0 Å². The van der Waals surface area contributed by atoms with Crippen LogP contribution in [0.2, 0.25) is 5.02 Å². The Balaban J connectivity index is 2.13. The third-order valence-electron chi connectivity index (χ3n) is 3.11. The van der Waals surface area contributed by atoms with Crippen LogP contribution < -0.4 is 11.1 Å². The van der Waals surface area contributed by atoms with Crippen molar-refractivity contribution in [1.29, 1.82) is 10.5 Å². The van der Waals surface area contributed by atoms with Gasteiger partial charge in [0.25, 0.3) is 0 Å². The molecule has 6 nitrogen and oxygen atoms in total. The van der Waals surface area contributed by atoms with E-state index < -0.39 is 0 Å². The maximum absolute atomic E-state index is 12.0. The van der Waals surface area contributed by atoms with E-state index in [9.17, 15) is 10.1 Å². The highest BCUT2D eigenvalue weighted by atomic mass is 35.5. The molecule has 0 bridgehead atoms. The summed E-state index contributed by atoms with van der Waals surface area (Å²) in [7, 11) is 0. The van der Waals surface area contributed by atoms with Gasteiger partial charge in [0.05, 0.1) is 16.9 Å². The summed E-state index contributed by atoms with van der Waals surface area (Å²) < 4.78 is 0. The van der Waals surface area contributed by atoms with Crippen molar-refractivity contribution in [1.82, 2.24) is 4.98 Å². The van der Waals surface area contributed by atoms with Gasteiger partial charge in [-0.3, -0.25) is 4.79 Å². The molecule has 1 heterocycles. The molecule has 0 aliphatic carbocycles. The molecular weight excluding hydrogens is 346 g/mol. The number of benzene rings is 1. The Morgan fingerprint density at radius 1 is 1.38 bits per heavy atom. The van der Waals surface area contributed by atoms with Gasteiger partial charge in [0, 0.05) is 10.7 Å². The first-order valence-corrected chi connectivity index (χ1v) is 8.11. The van der Waals surface area contributed by atoms with Crippen molar-refractivity contribution in [3.05, 3.63) is 46.0 Å². The van der Waals surface area contributed by atoms with E-state index in [-0.39, 0.29) is 28.6 Å². The Morgan fingerprint density at radius 2 is 2.08 bits per heavy atom. The van der Waals surface area contributed by atoms with Crippen LogP contribution in [0.15, 0.2) is 29.3 Å². The van der Waals surface area contributed by atoms with E-state index in [4.69, 9.17) is 22.6 Å². The standard InChI is InChI=1S/C16H12ClN5OS/c1-9-12(6-18)15(20)22-16(13(9)7-19)24-8-14(23)21-11-4-2-3-10(17)5-11/h2-5H,8H2,1H3,(H2,20,22)(H,21,23). The number of pyridine rings is 1. The van der Waals surface area contributed by atoms with Gasteiger partial charge in [0.1, 0.15) is 23.0 Å². The number of nitrogens with two attached hydrogens (primary N) is 1. The summed E-state index contributed by atoms with van der Waals surface area (Å²) in [4.78, 5) is 16.1. The molecule has 0 fully saturated rings. The zero-order chi connectivity index (χ0) is 17.7. The number of hydrogen-bond donors (Lipinski definition) is 2. The van der Waals surface area contributed by atoms with E-state index >= 15 is 0 Å². The first-order chi connectivity index (χ1) is 11.5. The maximum Gasteiger partial charge on any atom is 0.234 e. The average Bonchev–Trinajstić information content (AvgIpc) is 2.53. The van der Waals surface area contributed by atoms with Crippen LogP contribution in [-0.2, 0) is 4.79 Å². The molecular formula is C16H12ClN5OS. The van der Waals surface area contributed by atoms with Gasteiger partial charge in [0.15, 0.2) is 0 Å². The number of rotatable bonds is 4. The van der Waals surface area contributed by atoms with Crippen molar-refractivity contribution >= 4 is 40.8 Å². The van der Waals surface area contributed by atoms with E-state index in [0.29, 0.717) is 21.3 Å². The second kappa shape index (κ2) is 7.69. The fourth-order valence-corrected chi connectivity index (χ4v) is 3.01. The van der Waals surface area contributed by atoms with Gasteiger partial charge in [-0.25, -0.2) is 4.98 Å². The van der Waals surface area contributed by atoms with Crippen LogP contribution in [-0.4, -0.2) is 16.6 Å². The smallest absolute Gasteiger partial charge is 0.234 e. The normalized spacial score (nSPS) is 9.83. The fourth-order valence-electron chi connectivity index (χ4n) is 1.97. The van der Waals surface area contributed by atoms with Crippen LogP contribution in [0.5, 0.6) is 0 Å². The number of aromatic nitrogens is 1. The van der Waals surface area contributed by atoms with Crippen molar-refractivity contribution < 1.29 is 4.79 Å². The molecule has 24 heavy (non-hydrogen) atoms. The molecule has 0 saturated heterocycles. The third kappa shape index (κ3) is 3.96. The third-order valence-corrected chi connectivity index (χ3v) is 4.32. The number of anilines is 2. The first-order valence-electron chi connectivity index (χ1n) is 6.74. The summed E-state index contributed by atoms with van der Waals surface area (Å²) in [6.45, 7) is 1.63. The summed E-state index contributed by atoms with van der Waals surface area (Å²) in [6, 6.07) is 10.7. The molecule has 1 aromatic heterocycles. The van der Waals surface area contributed by atoms with Crippen LogP contribution >= 0.6 is 23.4 Å². The topological polar surface area (TPSA) is 116 Å². The van der Waals surface area contributed by atoms with Crippen molar-refractivity contribution in [2.75, 3.05) is 16.8 Å². The Labute approximate surface area is 148 Å². The van der Waals surface area contributed by atoms with Crippen LogP contribution in [0.1, 0.15) is 16.7 Å². The van der Waals surface area contributed by atoms with Gasteiger partial charge < -0.3 is 11.1 Å². The van der Waals surface area contributed by atoms with Gasteiger partial charge in [-0.2, -0.15) is 10.5 Å². The Morgan fingerprint density at radius 3 is 2.71 bits per heavy atom. The minimum atomic E-state index is -0.270. The molecule has 0 aliphatic rings. The minimum absolute atomic E-state index is 0.0406. The molecule has 1 aromatic carbocycles. The lowest BCUT2D eigenvalue weighted by molar-refractivity contribution is -0.113. The first kappa shape index (κ1) is 17.6. The summed E-state index contributed by atoms with van der Waals surface area (Å²) in [5.74, 6) is -0.181. The highest BCUT2D eigenvalue weighted by Gasteiger charge is 2.16. The number of halogens is 1. The zero-order valence-electron chi connectivity index (χ0n) is 12.6. The predicted molar refractivity (Wildman–Crippen MR) is 93.6 cm³/mol. The van der Waals surface area contributed by atoms with Crippen LogP contribution in [0.4, 0.5) is 11.5 Å². The molecule has 0 spiro atoms. The second-order valence-electron chi connectivity index (χ2n) is 4.75. The number of nitrogen functional groups attached to an aromatic ring is 1. The van der Waals surface area contributed by atoms with Crippen molar-refractivity contribution in [3.8, 4) is 12.1 Å². The molecule has 0 atom stereocenters. The van der Waals surface area contributed by atoms with Gasteiger partial charge >= 0.3 is 0 Å². The lowest BCUT2D eigenvalue weighted by atomic mass is 10.1. The summed E-state index contributed by atoms with van der Waals surface area (Å²) in [5.41, 5.74) is 7.21.